The van der Waals surface area contributed by atoms with E-state index in [9.17, 15) is 4.79 Å². The Bertz CT molecular complexity index is 401. The first kappa shape index (κ1) is 14.1. The Morgan fingerprint density at radius 1 is 1.32 bits per heavy atom. The average molecular weight is 259 g/mol. The van der Waals surface area contributed by atoms with Gasteiger partial charge in [-0.25, -0.2) is 0 Å². The number of amides is 1. The van der Waals surface area contributed by atoms with Crippen LogP contribution in [-0.4, -0.2) is 11.9 Å². The Kier molecular flexibility index (Phi) is 5.00. The fourth-order valence-corrected chi connectivity index (χ4v) is 3.12. The predicted molar refractivity (Wildman–Crippen MR) is 79.0 cm³/mol. The van der Waals surface area contributed by atoms with Crippen LogP contribution in [0.25, 0.3) is 0 Å². The molecule has 1 fully saturated rings. The molecular formula is C17H25NO. The Morgan fingerprint density at radius 3 is 2.68 bits per heavy atom. The monoisotopic (exact) mass is 259 g/mol. The van der Waals surface area contributed by atoms with E-state index >= 15 is 0 Å². The molecule has 1 N–H and O–H groups in total. The molecule has 0 bridgehead atoms. The van der Waals surface area contributed by atoms with Crippen LogP contribution in [0.5, 0.6) is 0 Å². The van der Waals surface area contributed by atoms with E-state index in [4.69, 9.17) is 0 Å². The highest BCUT2D eigenvalue weighted by Gasteiger charge is 2.24. The minimum absolute atomic E-state index is 0.00145. The maximum atomic E-state index is 12.4. The summed E-state index contributed by atoms with van der Waals surface area (Å²) in [5.74, 6) is 0.946. The quantitative estimate of drug-likeness (QED) is 0.873. The van der Waals surface area contributed by atoms with E-state index in [0.717, 1.165) is 30.7 Å². The number of rotatable bonds is 4. The first-order chi connectivity index (χ1) is 9.20. The van der Waals surface area contributed by atoms with Gasteiger partial charge in [-0.2, -0.15) is 0 Å². The van der Waals surface area contributed by atoms with Gasteiger partial charge in [-0.1, -0.05) is 57.0 Å². The molecule has 0 spiro atoms. The van der Waals surface area contributed by atoms with Crippen LogP contribution in [0.1, 0.15) is 57.4 Å². The van der Waals surface area contributed by atoms with Crippen LogP contribution in [0.2, 0.25) is 0 Å². The highest BCUT2D eigenvalue weighted by molar-refractivity contribution is 5.83. The lowest BCUT2D eigenvalue weighted by molar-refractivity contribution is -0.123. The minimum Gasteiger partial charge on any atom is -0.353 e. The molecule has 1 aromatic carbocycles. The molecule has 0 aliphatic heterocycles. The summed E-state index contributed by atoms with van der Waals surface area (Å²) in [5.41, 5.74) is 1.13. The molecule has 3 unspecified atom stereocenters. The summed E-state index contributed by atoms with van der Waals surface area (Å²) in [6.07, 6.45) is 5.69. The summed E-state index contributed by atoms with van der Waals surface area (Å²) >= 11 is 0. The largest absolute Gasteiger partial charge is 0.353 e. The molecule has 1 amide bonds. The van der Waals surface area contributed by atoms with Crippen molar-refractivity contribution < 1.29 is 4.79 Å². The van der Waals surface area contributed by atoms with Crippen LogP contribution in [0.4, 0.5) is 0 Å². The van der Waals surface area contributed by atoms with E-state index in [1.54, 1.807) is 0 Å². The summed E-state index contributed by atoms with van der Waals surface area (Å²) < 4.78 is 0. The van der Waals surface area contributed by atoms with E-state index < -0.39 is 0 Å². The second kappa shape index (κ2) is 6.74. The normalized spacial score (nSPS) is 24.7. The van der Waals surface area contributed by atoms with Crippen LogP contribution in [-0.2, 0) is 4.79 Å². The average Bonchev–Trinajstić information content (AvgIpc) is 2.41. The van der Waals surface area contributed by atoms with Crippen molar-refractivity contribution in [2.24, 2.45) is 5.92 Å². The van der Waals surface area contributed by atoms with Gasteiger partial charge in [0.1, 0.15) is 0 Å². The van der Waals surface area contributed by atoms with E-state index in [1.165, 1.54) is 12.8 Å². The summed E-state index contributed by atoms with van der Waals surface area (Å²) in [4.78, 5) is 12.4. The van der Waals surface area contributed by atoms with Gasteiger partial charge in [-0.3, -0.25) is 4.79 Å². The lowest BCUT2D eigenvalue weighted by Crippen LogP contribution is -2.40. The SMILES string of the molecule is CCC(C(=O)NC1CCCC(C)C1)c1ccccc1. The summed E-state index contributed by atoms with van der Waals surface area (Å²) in [6.45, 7) is 4.37. The Hall–Kier alpha value is -1.31. The van der Waals surface area contributed by atoms with Crippen LogP contribution >= 0.6 is 0 Å². The molecule has 0 saturated heterocycles. The van der Waals surface area contributed by atoms with Gasteiger partial charge >= 0.3 is 0 Å². The fraction of sp³-hybridized carbons (Fsp3) is 0.588. The highest BCUT2D eigenvalue weighted by Crippen LogP contribution is 2.25. The summed E-state index contributed by atoms with van der Waals surface area (Å²) in [5, 5.41) is 3.26. The Balaban J connectivity index is 1.97. The maximum Gasteiger partial charge on any atom is 0.227 e. The van der Waals surface area contributed by atoms with Crippen molar-refractivity contribution in [3.8, 4) is 0 Å². The smallest absolute Gasteiger partial charge is 0.227 e. The van der Waals surface area contributed by atoms with Crippen molar-refractivity contribution >= 4 is 5.91 Å². The molecule has 1 aliphatic carbocycles. The zero-order chi connectivity index (χ0) is 13.7. The number of carbonyl (C=O) groups is 1. The van der Waals surface area contributed by atoms with Crippen molar-refractivity contribution in [1.29, 1.82) is 0 Å². The molecule has 2 heteroatoms. The number of hydrogen-bond acceptors (Lipinski definition) is 1. The number of hydrogen-bond donors (Lipinski definition) is 1. The van der Waals surface area contributed by atoms with Crippen molar-refractivity contribution in [2.45, 2.75) is 57.9 Å². The number of benzene rings is 1. The lowest BCUT2D eigenvalue weighted by Gasteiger charge is -2.29. The van der Waals surface area contributed by atoms with Gasteiger partial charge in [0, 0.05) is 6.04 Å². The van der Waals surface area contributed by atoms with E-state index in [1.807, 2.05) is 18.2 Å². The second-order valence-corrected chi connectivity index (χ2v) is 5.85. The van der Waals surface area contributed by atoms with Gasteiger partial charge in [0.2, 0.25) is 5.91 Å². The zero-order valence-electron chi connectivity index (χ0n) is 12.1. The van der Waals surface area contributed by atoms with Gasteiger partial charge in [-0.05, 0) is 30.7 Å². The molecule has 0 radical (unpaired) electrons. The molecule has 1 aromatic rings. The molecule has 104 valence electrons. The van der Waals surface area contributed by atoms with Gasteiger partial charge in [0.05, 0.1) is 5.92 Å². The Morgan fingerprint density at radius 2 is 2.05 bits per heavy atom. The van der Waals surface area contributed by atoms with E-state index in [0.29, 0.717) is 6.04 Å². The first-order valence-electron chi connectivity index (χ1n) is 7.56. The summed E-state index contributed by atoms with van der Waals surface area (Å²) in [6, 6.07) is 10.5. The molecule has 1 aliphatic rings. The molecule has 1 saturated carbocycles. The van der Waals surface area contributed by atoms with Crippen LogP contribution < -0.4 is 5.32 Å². The maximum absolute atomic E-state index is 12.4. The van der Waals surface area contributed by atoms with Gasteiger partial charge in [-0.15, -0.1) is 0 Å². The van der Waals surface area contributed by atoms with Crippen molar-refractivity contribution in [2.75, 3.05) is 0 Å². The molecular weight excluding hydrogens is 234 g/mol. The van der Waals surface area contributed by atoms with E-state index in [-0.39, 0.29) is 11.8 Å². The minimum atomic E-state index is -0.00145. The Labute approximate surface area is 116 Å². The van der Waals surface area contributed by atoms with Gasteiger partial charge < -0.3 is 5.32 Å². The topological polar surface area (TPSA) is 29.1 Å². The zero-order valence-corrected chi connectivity index (χ0v) is 12.1. The molecule has 2 rings (SSSR count). The van der Waals surface area contributed by atoms with Crippen molar-refractivity contribution in [1.82, 2.24) is 5.32 Å². The second-order valence-electron chi connectivity index (χ2n) is 5.85. The standard InChI is InChI=1S/C17H25NO/c1-3-16(14-9-5-4-6-10-14)17(19)18-15-11-7-8-13(2)12-15/h4-6,9-10,13,15-16H,3,7-8,11-12H2,1-2H3,(H,18,19). The third-order valence-electron chi connectivity index (χ3n) is 4.21. The molecule has 0 aromatic heterocycles. The predicted octanol–water partition coefficient (Wildman–Crippen LogP) is 3.88. The lowest BCUT2D eigenvalue weighted by atomic mass is 9.86. The highest BCUT2D eigenvalue weighted by atomic mass is 16.1. The number of carbonyl (C=O) groups excluding carboxylic acids is 1. The van der Waals surface area contributed by atoms with Gasteiger partial charge in [0.25, 0.3) is 0 Å². The first-order valence-corrected chi connectivity index (χ1v) is 7.56. The molecule has 19 heavy (non-hydrogen) atoms. The van der Waals surface area contributed by atoms with Crippen LogP contribution in [0.3, 0.4) is 0 Å². The summed E-state index contributed by atoms with van der Waals surface area (Å²) in [7, 11) is 0. The van der Waals surface area contributed by atoms with Crippen LogP contribution in [0.15, 0.2) is 30.3 Å². The fourth-order valence-electron chi connectivity index (χ4n) is 3.12. The molecule has 0 heterocycles. The van der Waals surface area contributed by atoms with Crippen molar-refractivity contribution in [3.05, 3.63) is 35.9 Å². The van der Waals surface area contributed by atoms with E-state index in [2.05, 4.69) is 31.3 Å². The van der Waals surface area contributed by atoms with Gasteiger partial charge in [0.15, 0.2) is 0 Å². The number of nitrogens with one attached hydrogen (secondary N) is 1. The van der Waals surface area contributed by atoms with Crippen LogP contribution in [0, 0.1) is 5.92 Å². The third-order valence-corrected chi connectivity index (χ3v) is 4.21. The molecule has 2 nitrogen and oxygen atoms in total. The molecule has 3 atom stereocenters. The third kappa shape index (κ3) is 3.82. The van der Waals surface area contributed by atoms with Crippen molar-refractivity contribution in [3.63, 3.8) is 0 Å².